The molecule has 0 fully saturated rings. The molecule has 326 valence electrons. The van der Waals surface area contributed by atoms with E-state index < -0.39 is 51.1 Å². The van der Waals surface area contributed by atoms with Gasteiger partial charge in [0.25, 0.3) is 0 Å². The molecule has 0 spiro atoms. The summed E-state index contributed by atoms with van der Waals surface area (Å²) in [4.78, 5) is 45.9. The van der Waals surface area contributed by atoms with Gasteiger partial charge in [-0.25, -0.2) is 4.57 Å². The van der Waals surface area contributed by atoms with Gasteiger partial charge in [0, 0.05) is 12.8 Å². The lowest BCUT2D eigenvalue weighted by molar-refractivity contribution is -0.161. The SMILES string of the molecule is CC/C=C/C=C/C=C/C=C/CCCCCCCC(=O)O[C@H](COC(=O)CCCCC/C=C/C/C=C/C/C=C/C/C=C/C/C=C/CC)COP(=O)(O)OC[C@H](N)C(=O)O. The van der Waals surface area contributed by atoms with Crippen LogP contribution < -0.4 is 5.73 Å². The summed E-state index contributed by atoms with van der Waals surface area (Å²) in [6.45, 7) is 2.46. The van der Waals surface area contributed by atoms with Gasteiger partial charge in [0.15, 0.2) is 6.10 Å². The van der Waals surface area contributed by atoms with Gasteiger partial charge in [-0.05, 0) is 77.0 Å². The molecular weight excluding hydrogens is 757 g/mol. The number of phosphoric ester groups is 1. The number of aliphatic carboxylic acids is 1. The largest absolute Gasteiger partial charge is 0.480 e. The van der Waals surface area contributed by atoms with E-state index in [1.165, 1.54) is 0 Å². The molecule has 3 atom stereocenters. The first-order chi connectivity index (χ1) is 28.1. The van der Waals surface area contributed by atoms with Gasteiger partial charge < -0.3 is 25.2 Å². The van der Waals surface area contributed by atoms with Gasteiger partial charge in [-0.1, -0.05) is 149 Å². The minimum Gasteiger partial charge on any atom is -0.480 e. The number of phosphoric acid groups is 1. The Hall–Kier alpha value is -3.86. The highest BCUT2D eigenvalue weighted by Gasteiger charge is 2.28. The molecular formula is C46H72NO10P. The van der Waals surface area contributed by atoms with Crippen molar-refractivity contribution in [3.05, 3.63) is 109 Å². The van der Waals surface area contributed by atoms with E-state index in [2.05, 4.69) is 91.3 Å². The summed E-state index contributed by atoms with van der Waals surface area (Å²) in [6, 6.07) is -1.54. The monoisotopic (exact) mass is 829 g/mol. The van der Waals surface area contributed by atoms with Gasteiger partial charge >= 0.3 is 25.7 Å². The molecule has 0 heterocycles. The highest BCUT2D eigenvalue weighted by atomic mass is 31.2. The van der Waals surface area contributed by atoms with Crippen molar-refractivity contribution in [2.24, 2.45) is 5.73 Å². The van der Waals surface area contributed by atoms with Gasteiger partial charge in [0.1, 0.15) is 12.6 Å². The number of allylic oxidation sites excluding steroid dienone is 18. The van der Waals surface area contributed by atoms with Crippen LogP contribution in [0.4, 0.5) is 0 Å². The summed E-state index contributed by atoms with van der Waals surface area (Å²) >= 11 is 0. The van der Waals surface area contributed by atoms with E-state index in [9.17, 15) is 23.8 Å². The van der Waals surface area contributed by atoms with Gasteiger partial charge in [-0.15, -0.1) is 0 Å². The molecule has 1 unspecified atom stereocenters. The predicted molar refractivity (Wildman–Crippen MR) is 235 cm³/mol. The topological polar surface area (TPSA) is 172 Å². The van der Waals surface area contributed by atoms with Crippen LogP contribution in [0.2, 0.25) is 0 Å². The Kier molecular flexibility index (Phi) is 37.3. The lowest BCUT2D eigenvalue weighted by atomic mass is 10.1. The minimum atomic E-state index is -4.74. The first kappa shape index (κ1) is 54.1. The third-order valence-corrected chi connectivity index (χ3v) is 9.06. The van der Waals surface area contributed by atoms with Crippen LogP contribution in [0.25, 0.3) is 0 Å². The zero-order chi connectivity index (χ0) is 42.8. The Balaban J connectivity index is 4.51. The van der Waals surface area contributed by atoms with Gasteiger partial charge in [-0.3, -0.25) is 23.4 Å². The van der Waals surface area contributed by atoms with E-state index in [0.29, 0.717) is 12.8 Å². The average Bonchev–Trinajstić information content (AvgIpc) is 3.20. The maximum atomic E-state index is 12.6. The van der Waals surface area contributed by atoms with Crippen molar-refractivity contribution in [1.29, 1.82) is 0 Å². The van der Waals surface area contributed by atoms with Gasteiger partial charge in [0.05, 0.1) is 13.2 Å². The first-order valence-corrected chi connectivity index (χ1v) is 22.5. The summed E-state index contributed by atoms with van der Waals surface area (Å²) in [6.07, 6.45) is 51.5. The Morgan fingerprint density at radius 2 is 1.00 bits per heavy atom. The standard InChI is InChI=1S/C46H72NO10P/c1-3-5-7-9-11-13-15-17-19-20-21-22-24-25-27-29-31-33-35-37-44(48)54-39-42(40-55-58(52,53)56-41-43(47)46(50)51)57-45(49)38-36-34-32-30-28-26-23-18-16-14-12-10-8-6-4-2/h5-8,10-14,16-19,21-23,25,27,42-43H,3-4,9,15,20,24,26,28-41,47H2,1-2H3,(H,50,51)(H,52,53)/b7-5+,8-6+,12-10+,13-11+,16-14+,19-17+,22-21+,23-18+,27-25+/t42-,43+/m1/s1. The van der Waals surface area contributed by atoms with Crippen LogP contribution in [0, 0.1) is 0 Å². The number of hydrogen-bond acceptors (Lipinski definition) is 9. The second kappa shape index (κ2) is 39.9. The van der Waals surface area contributed by atoms with Crippen molar-refractivity contribution in [3.63, 3.8) is 0 Å². The molecule has 0 rings (SSSR count). The van der Waals surface area contributed by atoms with Crippen molar-refractivity contribution in [3.8, 4) is 0 Å². The molecule has 11 nitrogen and oxygen atoms in total. The van der Waals surface area contributed by atoms with Crippen LogP contribution >= 0.6 is 7.82 Å². The van der Waals surface area contributed by atoms with E-state index in [-0.39, 0.29) is 19.4 Å². The number of nitrogens with two attached hydrogens (primary N) is 1. The fraction of sp³-hybridized carbons (Fsp3) is 0.543. The highest BCUT2D eigenvalue weighted by Crippen LogP contribution is 2.43. The fourth-order valence-corrected chi connectivity index (χ4v) is 5.64. The minimum absolute atomic E-state index is 0.120. The zero-order valence-corrected chi connectivity index (χ0v) is 36.0. The molecule has 0 aliphatic heterocycles. The van der Waals surface area contributed by atoms with Crippen LogP contribution in [-0.4, -0.2) is 59.9 Å². The second-order valence-electron chi connectivity index (χ2n) is 13.4. The predicted octanol–water partition coefficient (Wildman–Crippen LogP) is 11.1. The Morgan fingerprint density at radius 3 is 1.59 bits per heavy atom. The van der Waals surface area contributed by atoms with Crippen LogP contribution in [0.3, 0.4) is 0 Å². The number of unbranched alkanes of at least 4 members (excludes halogenated alkanes) is 8. The number of carbonyl (C=O) groups is 3. The molecule has 12 heteroatoms. The molecule has 0 aromatic carbocycles. The number of hydrogen-bond donors (Lipinski definition) is 3. The zero-order valence-electron chi connectivity index (χ0n) is 35.1. The summed E-state index contributed by atoms with van der Waals surface area (Å²) in [7, 11) is -4.74. The molecule has 58 heavy (non-hydrogen) atoms. The number of carboxylic acid groups (broad SMARTS) is 1. The average molecular weight is 830 g/mol. The van der Waals surface area contributed by atoms with Crippen molar-refractivity contribution in [2.45, 2.75) is 142 Å². The summed E-state index contributed by atoms with van der Waals surface area (Å²) in [5, 5.41) is 8.88. The molecule has 4 N–H and O–H groups in total. The quantitative estimate of drug-likeness (QED) is 0.0179. The Bertz CT molecular complexity index is 1390. The number of carbonyl (C=O) groups excluding carboxylic acids is 2. The van der Waals surface area contributed by atoms with Crippen LogP contribution in [0.15, 0.2) is 109 Å². The summed E-state index contributed by atoms with van der Waals surface area (Å²) < 4.78 is 32.6. The van der Waals surface area contributed by atoms with Crippen LogP contribution in [0.5, 0.6) is 0 Å². The molecule has 0 aromatic heterocycles. The Morgan fingerprint density at radius 1 is 0.552 bits per heavy atom. The van der Waals surface area contributed by atoms with Gasteiger partial charge in [-0.2, -0.15) is 0 Å². The molecule has 0 aromatic rings. The molecule has 0 aliphatic rings. The van der Waals surface area contributed by atoms with Crippen molar-refractivity contribution in [1.82, 2.24) is 0 Å². The van der Waals surface area contributed by atoms with E-state index in [1.807, 2.05) is 36.5 Å². The highest BCUT2D eigenvalue weighted by molar-refractivity contribution is 7.47. The number of ether oxygens (including phenoxy) is 2. The number of rotatable bonds is 37. The van der Waals surface area contributed by atoms with E-state index in [4.69, 9.17) is 24.8 Å². The third-order valence-electron chi connectivity index (χ3n) is 8.11. The number of esters is 2. The molecule has 0 bridgehead atoms. The van der Waals surface area contributed by atoms with Crippen molar-refractivity contribution < 1.29 is 47.5 Å². The van der Waals surface area contributed by atoms with E-state index >= 15 is 0 Å². The molecule has 0 saturated heterocycles. The fourth-order valence-electron chi connectivity index (χ4n) is 4.86. The second-order valence-corrected chi connectivity index (χ2v) is 14.9. The maximum Gasteiger partial charge on any atom is 0.472 e. The van der Waals surface area contributed by atoms with E-state index in [1.54, 1.807) is 0 Å². The summed E-state index contributed by atoms with van der Waals surface area (Å²) in [5.41, 5.74) is 5.32. The van der Waals surface area contributed by atoms with Crippen LogP contribution in [-0.2, 0) is 37.5 Å². The number of carboxylic acids is 1. The maximum absolute atomic E-state index is 12.6. The smallest absolute Gasteiger partial charge is 0.472 e. The van der Waals surface area contributed by atoms with E-state index in [0.717, 1.165) is 89.9 Å². The molecule has 0 saturated carbocycles. The molecule has 0 aliphatic carbocycles. The van der Waals surface area contributed by atoms with Gasteiger partial charge in [0.2, 0.25) is 0 Å². The first-order valence-electron chi connectivity index (χ1n) is 21.0. The van der Waals surface area contributed by atoms with Crippen molar-refractivity contribution >= 4 is 25.7 Å². The molecule has 0 radical (unpaired) electrons. The Labute approximate surface area is 348 Å². The van der Waals surface area contributed by atoms with Crippen LogP contribution in [0.1, 0.15) is 129 Å². The summed E-state index contributed by atoms with van der Waals surface area (Å²) in [5.74, 6) is -2.47. The lowest BCUT2D eigenvalue weighted by Gasteiger charge is -2.20. The normalized spacial score (nSPS) is 14.8. The third kappa shape index (κ3) is 39.0. The van der Waals surface area contributed by atoms with Crippen molar-refractivity contribution in [2.75, 3.05) is 19.8 Å². The lowest BCUT2D eigenvalue weighted by Crippen LogP contribution is -2.34. The molecule has 0 amide bonds.